The third kappa shape index (κ3) is 18.3. The van der Waals surface area contributed by atoms with E-state index in [1.807, 2.05) is 0 Å². The van der Waals surface area contributed by atoms with E-state index in [1.54, 1.807) is 0 Å². The van der Waals surface area contributed by atoms with Crippen molar-refractivity contribution in [3.8, 4) is 0 Å². The third-order valence-electron chi connectivity index (χ3n) is 9.92. The van der Waals surface area contributed by atoms with Gasteiger partial charge in [0.1, 0.15) is 0 Å². The van der Waals surface area contributed by atoms with Crippen LogP contribution in [0.5, 0.6) is 0 Å². The van der Waals surface area contributed by atoms with Gasteiger partial charge in [-0.1, -0.05) is 155 Å². The van der Waals surface area contributed by atoms with Crippen LogP contribution >= 0.6 is 0 Å². The summed E-state index contributed by atoms with van der Waals surface area (Å²) in [6, 6.07) is 0. The Hall–Kier alpha value is -0.0800. The Morgan fingerprint density at radius 1 is 0.368 bits per heavy atom. The molecule has 1 aliphatic rings. The van der Waals surface area contributed by atoms with Gasteiger partial charge in [0.2, 0.25) is 0 Å². The first-order valence-electron chi connectivity index (χ1n) is 18.0. The molecule has 0 aromatic carbocycles. The summed E-state index contributed by atoms with van der Waals surface area (Å²) in [6.07, 6.45) is 38.8. The molecule has 2 heteroatoms. The lowest BCUT2D eigenvalue weighted by Crippen LogP contribution is -2.35. The molecule has 4 atom stereocenters. The highest BCUT2D eigenvalue weighted by atomic mass is 16.3. The normalized spacial score (nSPS) is 21.8. The predicted molar refractivity (Wildman–Crippen MR) is 169 cm³/mol. The largest absolute Gasteiger partial charge is 0.396 e. The highest BCUT2D eigenvalue weighted by Crippen LogP contribution is 2.47. The Kier molecular flexibility index (Phi) is 25.6. The fourth-order valence-corrected chi connectivity index (χ4v) is 7.59. The Morgan fingerprint density at radius 2 is 0.658 bits per heavy atom. The van der Waals surface area contributed by atoms with Crippen molar-refractivity contribution in [2.24, 2.45) is 23.7 Å². The number of aliphatic hydroxyl groups excluding tert-OH is 2. The average molecular weight is 537 g/mol. The maximum atomic E-state index is 9.08. The summed E-state index contributed by atoms with van der Waals surface area (Å²) in [7, 11) is 0. The minimum Gasteiger partial charge on any atom is -0.396 e. The van der Waals surface area contributed by atoms with E-state index >= 15 is 0 Å². The van der Waals surface area contributed by atoms with Crippen LogP contribution in [0.3, 0.4) is 0 Å². The molecular formula is C36H72O2. The molecule has 228 valence electrons. The van der Waals surface area contributed by atoms with Crippen molar-refractivity contribution < 1.29 is 10.2 Å². The van der Waals surface area contributed by atoms with Crippen LogP contribution in [0.25, 0.3) is 0 Å². The number of rotatable bonds is 28. The first-order valence-corrected chi connectivity index (χ1v) is 18.0. The molecule has 1 fully saturated rings. The Morgan fingerprint density at radius 3 is 1.03 bits per heavy atom. The highest BCUT2D eigenvalue weighted by molar-refractivity contribution is 4.88. The molecule has 0 aromatic rings. The lowest BCUT2D eigenvalue weighted by molar-refractivity contribution is 0.0581. The van der Waals surface area contributed by atoms with Gasteiger partial charge in [0.15, 0.2) is 0 Å². The van der Waals surface area contributed by atoms with Gasteiger partial charge in [0.25, 0.3) is 0 Å². The summed E-state index contributed by atoms with van der Waals surface area (Å²) in [5.41, 5.74) is 0. The molecule has 38 heavy (non-hydrogen) atoms. The highest BCUT2D eigenvalue weighted by Gasteiger charge is 2.37. The molecule has 4 unspecified atom stereocenters. The second-order valence-electron chi connectivity index (χ2n) is 13.1. The van der Waals surface area contributed by atoms with Crippen molar-refractivity contribution in [1.29, 1.82) is 0 Å². The van der Waals surface area contributed by atoms with E-state index in [1.165, 1.54) is 167 Å². The van der Waals surface area contributed by atoms with E-state index in [2.05, 4.69) is 13.8 Å². The van der Waals surface area contributed by atoms with Crippen LogP contribution < -0.4 is 0 Å². The maximum absolute atomic E-state index is 9.08. The van der Waals surface area contributed by atoms with Crippen LogP contribution in [0.1, 0.15) is 194 Å². The van der Waals surface area contributed by atoms with Crippen LogP contribution in [-0.4, -0.2) is 23.4 Å². The van der Waals surface area contributed by atoms with Crippen LogP contribution in [0.4, 0.5) is 0 Å². The Bertz CT molecular complexity index is 462. The van der Waals surface area contributed by atoms with Crippen molar-refractivity contribution in [1.82, 2.24) is 0 Å². The summed E-state index contributed by atoms with van der Waals surface area (Å²) in [5, 5.41) is 18.1. The van der Waals surface area contributed by atoms with Gasteiger partial charge in [-0.25, -0.2) is 0 Å². The standard InChI is InChI=1S/C36H72O2/c1-3-5-7-9-15-21-27-35-33(25-19-8-6-4-2)29-30-34(26-20-14-10-12-17-23-31-37)36(35)28-22-16-11-13-18-24-32-38/h33-38H,3-32H2,1-2H3. The van der Waals surface area contributed by atoms with E-state index in [4.69, 9.17) is 10.2 Å². The second kappa shape index (κ2) is 27.1. The molecule has 1 aliphatic carbocycles. The van der Waals surface area contributed by atoms with Crippen molar-refractivity contribution in [2.45, 2.75) is 194 Å². The zero-order chi connectivity index (χ0) is 27.5. The van der Waals surface area contributed by atoms with Gasteiger partial charge in [0, 0.05) is 13.2 Å². The molecule has 1 rings (SSSR count). The lowest BCUT2D eigenvalue weighted by atomic mass is 9.61. The summed E-state index contributed by atoms with van der Waals surface area (Å²) in [5.74, 6) is 3.98. The molecule has 0 bridgehead atoms. The number of aliphatic hydroxyl groups is 2. The fraction of sp³-hybridized carbons (Fsp3) is 1.00. The van der Waals surface area contributed by atoms with Crippen LogP contribution in [-0.2, 0) is 0 Å². The summed E-state index contributed by atoms with van der Waals surface area (Å²) >= 11 is 0. The molecule has 2 nitrogen and oxygen atoms in total. The Balaban J connectivity index is 2.70. The molecule has 0 aliphatic heterocycles. The molecule has 1 saturated carbocycles. The average Bonchev–Trinajstić information content (AvgIpc) is 2.93. The quantitative estimate of drug-likeness (QED) is 0.0976. The number of unbranched alkanes of at least 4 members (excludes halogenated alkanes) is 18. The van der Waals surface area contributed by atoms with Crippen LogP contribution in [0, 0.1) is 23.7 Å². The summed E-state index contributed by atoms with van der Waals surface area (Å²) in [6.45, 7) is 5.41. The molecule has 0 aromatic heterocycles. The first kappa shape index (κ1) is 35.9. The zero-order valence-corrected chi connectivity index (χ0v) is 26.4. The maximum Gasteiger partial charge on any atom is 0.0431 e. The summed E-state index contributed by atoms with van der Waals surface area (Å²) in [4.78, 5) is 0. The van der Waals surface area contributed by atoms with E-state index < -0.39 is 0 Å². The number of hydrogen-bond acceptors (Lipinski definition) is 2. The van der Waals surface area contributed by atoms with Gasteiger partial charge in [-0.2, -0.15) is 0 Å². The molecule has 0 amide bonds. The molecule has 2 N–H and O–H groups in total. The number of hydrogen-bond donors (Lipinski definition) is 2. The molecular weight excluding hydrogens is 464 g/mol. The lowest BCUT2D eigenvalue weighted by Gasteiger charge is -2.44. The molecule has 0 saturated heterocycles. The molecule has 0 heterocycles. The monoisotopic (exact) mass is 537 g/mol. The fourth-order valence-electron chi connectivity index (χ4n) is 7.59. The molecule has 0 spiro atoms. The van der Waals surface area contributed by atoms with Gasteiger partial charge in [-0.05, 0) is 62.2 Å². The van der Waals surface area contributed by atoms with Gasteiger partial charge in [0.05, 0.1) is 0 Å². The van der Waals surface area contributed by atoms with Crippen molar-refractivity contribution in [3.05, 3.63) is 0 Å². The van der Waals surface area contributed by atoms with E-state index in [-0.39, 0.29) is 0 Å². The Labute approximate surface area is 240 Å². The van der Waals surface area contributed by atoms with Crippen LogP contribution in [0.2, 0.25) is 0 Å². The van der Waals surface area contributed by atoms with Gasteiger partial charge in [-0.3, -0.25) is 0 Å². The topological polar surface area (TPSA) is 40.5 Å². The van der Waals surface area contributed by atoms with Gasteiger partial charge in [-0.15, -0.1) is 0 Å². The zero-order valence-electron chi connectivity index (χ0n) is 26.4. The minimum absolute atomic E-state index is 0.366. The van der Waals surface area contributed by atoms with E-state index in [9.17, 15) is 0 Å². The van der Waals surface area contributed by atoms with Gasteiger partial charge >= 0.3 is 0 Å². The molecule has 0 radical (unpaired) electrons. The van der Waals surface area contributed by atoms with Crippen molar-refractivity contribution in [2.75, 3.05) is 13.2 Å². The smallest absolute Gasteiger partial charge is 0.0431 e. The van der Waals surface area contributed by atoms with Crippen molar-refractivity contribution >= 4 is 0 Å². The second-order valence-corrected chi connectivity index (χ2v) is 13.1. The van der Waals surface area contributed by atoms with Gasteiger partial charge < -0.3 is 10.2 Å². The van der Waals surface area contributed by atoms with E-state index in [0.717, 1.165) is 36.5 Å². The SMILES string of the molecule is CCCCCCCCC1C(CCCCCC)CCC(CCCCCCCCO)C1CCCCCCCCO. The summed E-state index contributed by atoms with van der Waals surface area (Å²) < 4.78 is 0. The predicted octanol–water partition coefficient (Wildman–Crippen LogP) is 11.4. The third-order valence-corrected chi connectivity index (χ3v) is 9.92. The van der Waals surface area contributed by atoms with Crippen LogP contribution in [0.15, 0.2) is 0 Å². The first-order chi connectivity index (χ1) is 18.8. The van der Waals surface area contributed by atoms with Crippen molar-refractivity contribution in [3.63, 3.8) is 0 Å². The minimum atomic E-state index is 0.366. The van der Waals surface area contributed by atoms with E-state index in [0.29, 0.717) is 13.2 Å².